The third-order valence-corrected chi connectivity index (χ3v) is 3.11. The highest BCUT2D eigenvalue weighted by Crippen LogP contribution is 2.29. The molecular weight excluding hydrogens is 352 g/mol. The van der Waals surface area contributed by atoms with Gasteiger partial charge in [-0.2, -0.15) is 0 Å². The fourth-order valence-electron chi connectivity index (χ4n) is 1.58. The van der Waals surface area contributed by atoms with Gasteiger partial charge in [0, 0.05) is 9.13 Å². The molecule has 0 amide bonds. The van der Waals surface area contributed by atoms with E-state index in [0.29, 0.717) is 5.76 Å². The Morgan fingerprint density at radius 2 is 2.22 bits per heavy atom. The molecule has 0 aliphatic carbocycles. The number of ether oxygens (including phenoxy) is 1. The van der Waals surface area contributed by atoms with E-state index in [2.05, 4.69) is 32.5 Å². The predicted molar refractivity (Wildman–Crippen MR) is 70.7 cm³/mol. The largest absolute Gasteiger partial charge is 0.465 e. The van der Waals surface area contributed by atoms with Crippen LogP contribution >= 0.6 is 22.6 Å². The zero-order valence-corrected chi connectivity index (χ0v) is 11.8. The number of nitrogens with zero attached hydrogens (tertiary/aromatic N) is 1. The van der Waals surface area contributed by atoms with Crippen LogP contribution in [-0.4, -0.2) is 18.2 Å². The Labute approximate surface area is 116 Å². The van der Waals surface area contributed by atoms with Crippen molar-refractivity contribution in [2.24, 2.45) is 0 Å². The van der Waals surface area contributed by atoms with Gasteiger partial charge in [-0.25, -0.2) is 9.18 Å². The standard InChI is InChI=1S/C12H9FINO3/c1-6-10(12(16)17-2)11(15-18-6)8-5-7(14)3-4-9(8)13/h3-5H,1-2H3. The van der Waals surface area contributed by atoms with Crippen molar-refractivity contribution in [3.8, 4) is 11.3 Å². The van der Waals surface area contributed by atoms with E-state index in [0.717, 1.165) is 3.57 Å². The van der Waals surface area contributed by atoms with Gasteiger partial charge in [-0.15, -0.1) is 0 Å². The maximum atomic E-state index is 13.8. The molecule has 0 saturated carbocycles. The minimum Gasteiger partial charge on any atom is -0.465 e. The highest BCUT2D eigenvalue weighted by atomic mass is 127. The highest BCUT2D eigenvalue weighted by molar-refractivity contribution is 14.1. The maximum absolute atomic E-state index is 13.8. The van der Waals surface area contributed by atoms with Gasteiger partial charge in [0.05, 0.1) is 7.11 Å². The molecule has 94 valence electrons. The molecule has 0 unspecified atom stereocenters. The van der Waals surface area contributed by atoms with E-state index in [1.54, 1.807) is 19.1 Å². The number of rotatable bonds is 2. The van der Waals surface area contributed by atoms with Gasteiger partial charge in [0.15, 0.2) is 0 Å². The lowest BCUT2D eigenvalue weighted by Crippen LogP contribution is -2.04. The number of carbonyl (C=O) groups is 1. The molecule has 0 atom stereocenters. The van der Waals surface area contributed by atoms with Gasteiger partial charge >= 0.3 is 5.97 Å². The Morgan fingerprint density at radius 1 is 1.50 bits per heavy atom. The topological polar surface area (TPSA) is 52.3 Å². The van der Waals surface area contributed by atoms with Crippen LogP contribution in [-0.2, 0) is 4.74 Å². The first-order chi connectivity index (χ1) is 8.54. The molecule has 0 fully saturated rings. The van der Waals surface area contributed by atoms with Crippen LogP contribution in [0.1, 0.15) is 16.1 Å². The molecule has 0 saturated heterocycles. The zero-order chi connectivity index (χ0) is 13.3. The van der Waals surface area contributed by atoms with Gasteiger partial charge < -0.3 is 9.26 Å². The molecule has 0 radical (unpaired) electrons. The zero-order valence-electron chi connectivity index (χ0n) is 9.66. The second-order valence-corrected chi connectivity index (χ2v) is 4.82. The van der Waals surface area contributed by atoms with Gasteiger partial charge in [0.2, 0.25) is 0 Å². The number of aromatic nitrogens is 1. The smallest absolute Gasteiger partial charge is 0.343 e. The third-order valence-electron chi connectivity index (χ3n) is 2.44. The Morgan fingerprint density at radius 3 is 2.89 bits per heavy atom. The van der Waals surface area contributed by atoms with Crippen LogP contribution in [0.3, 0.4) is 0 Å². The summed E-state index contributed by atoms with van der Waals surface area (Å²) >= 11 is 2.05. The molecule has 6 heteroatoms. The SMILES string of the molecule is COC(=O)c1c(-c2cc(I)ccc2F)noc1C. The van der Waals surface area contributed by atoms with Crippen LogP contribution in [0.2, 0.25) is 0 Å². The quantitative estimate of drug-likeness (QED) is 0.609. The second kappa shape index (κ2) is 5.05. The Kier molecular flexibility index (Phi) is 3.65. The minimum atomic E-state index is -0.595. The molecule has 0 aliphatic heterocycles. The van der Waals surface area contributed by atoms with Gasteiger partial charge in [-0.05, 0) is 47.7 Å². The summed E-state index contributed by atoms with van der Waals surface area (Å²) in [5, 5.41) is 3.74. The Bertz CT molecular complexity index is 609. The van der Waals surface area contributed by atoms with Crippen molar-refractivity contribution in [1.29, 1.82) is 0 Å². The normalized spacial score (nSPS) is 10.4. The summed E-state index contributed by atoms with van der Waals surface area (Å²) in [6, 6.07) is 4.55. The molecule has 2 rings (SSSR count). The first-order valence-corrected chi connectivity index (χ1v) is 6.12. The summed E-state index contributed by atoms with van der Waals surface area (Å²) in [6.45, 7) is 1.58. The number of benzene rings is 1. The van der Waals surface area contributed by atoms with Crippen molar-refractivity contribution in [2.75, 3.05) is 7.11 Å². The van der Waals surface area contributed by atoms with Crippen molar-refractivity contribution in [3.63, 3.8) is 0 Å². The second-order valence-electron chi connectivity index (χ2n) is 3.58. The van der Waals surface area contributed by atoms with E-state index in [9.17, 15) is 9.18 Å². The van der Waals surface area contributed by atoms with Crippen molar-refractivity contribution in [2.45, 2.75) is 6.92 Å². The van der Waals surface area contributed by atoms with Crippen molar-refractivity contribution in [3.05, 3.63) is 38.9 Å². The number of aryl methyl sites for hydroxylation is 1. The van der Waals surface area contributed by atoms with Crippen LogP contribution in [0.25, 0.3) is 11.3 Å². The van der Waals surface area contributed by atoms with Gasteiger partial charge in [0.1, 0.15) is 22.8 Å². The number of methoxy groups -OCH3 is 1. The molecule has 0 aliphatic rings. The fourth-order valence-corrected chi connectivity index (χ4v) is 2.07. The molecule has 1 aromatic carbocycles. The molecule has 0 bridgehead atoms. The van der Waals surface area contributed by atoms with E-state index in [4.69, 9.17) is 4.52 Å². The average molecular weight is 361 g/mol. The summed E-state index contributed by atoms with van der Waals surface area (Å²) in [4.78, 5) is 11.6. The Balaban J connectivity index is 2.64. The lowest BCUT2D eigenvalue weighted by atomic mass is 10.1. The van der Waals surface area contributed by atoms with E-state index in [-0.39, 0.29) is 16.8 Å². The average Bonchev–Trinajstić information content (AvgIpc) is 2.73. The molecule has 4 nitrogen and oxygen atoms in total. The molecule has 1 aromatic heterocycles. The Hall–Kier alpha value is -1.44. The lowest BCUT2D eigenvalue weighted by Gasteiger charge is -2.03. The summed E-state index contributed by atoms with van der Waals surface area (Å²) in [7, 11) is 1.25. The molecule has 2 aromatic rings. The highest BCUT2D eigenvalue weighted by Gasteiger charge is 2.24. The summed E-state index contributed by atoms with van der Waals surface area (Å²) in [5.74, 6) is -0.758. The van der Waals surface area contributed by atoms with E-state index >= 15 is 0 Å². The summed E-state index contributed by atoms with van der Waals surface area (Å²) in [6.07, 6.45) is 0. The van der Waals surface area contributed by atoms with Crippen LogP contribution < -0.4 is 0 Å². The molecule has 0 spiro atoms. The van der Waals surface area contributed by atoms with Gasteiger partial charge in [-0.1, -0.05) is 5.16 Å². The number of hydrogen-bond donors (Lipinski definition) is 0. The van der Waals surface area contributed by atoms with Crippen LogP contribution in [0.5, 0.6) is 0 Å². The van der Waals surface area contributed by atoms with E-state index in [1.807, 2.05) is 0 Å². The first-order valence-electron chi connectivity index (χ1n) is 5.04. The fraction of sp³-hybridized carbons (Fsp3) is 0.167. The number of carbonyl (C=O) groups excluding carboxylic acids is 1. The predicted octanol–water partition coefficient (Wildman–Crippen LogP) is 3.18. The number of halogens is 2. The minimum absolute atomic E-state index is 0.151. The molecular formula is C12H9FINO3. The monoisotopic (exact) mass is 361 g/mol. The number of esters is 1. The van der Waals surface area contributed by atoms with Crippen molar-refractivity contribution in [1.82, 2.24) is 5.16 Å². The third kappa shape index (κ3) is 2.24. The summed E-state index contributed by atoms with van der Waals surface area (Å²) in [5.41, 5.74) is 0.535. The lowest BCUT2D eigenvalue weighted by molar-refractivity contribution is 0.0599. The number of hydrogen-bond acceptors (Lipinski definition) is 4. The van der Waals surface area contributed by atoms with Crippen LogP contribution in [0.4, 0.5) is 4.39 Å². The van der Waals surface area contributed by atoms with Crippen LogP contribution in [0, 0.1) is 16.3 Å². The molecule has 18 heavy (non-hydrogen) atoms. The van der Waals surface area contributed by atoms with Crippen molar-refractivity contribution < 1.29 is 18.4 Å². The van der Waals surface area contributed by atoms with E-state index < -0.39 is 11.8 Å². The van der Waals surface area contributed by atoms with Crippen LogP contribution in [0.15, 0.2) is 22.7 Å². The maximum Gasteiger partial charge on any atom is 0.343 e. The van der Waals surface area contributed by atoms with E-state index in [1.165, 1.54) is 13.2 Å². The molecule has 1 heterocycles. The van der Waals surface area contributed by atoms with Gasteiger partial charge in [-0.3, -0.25) is 0 Å². The van der Waals surface area contributed by atoms with Gasteiger partial charge in [0.25, 0.3) is 0 Å². The summed E-state index contributed by atoms with van der Waals surface area (Å²) < 4.78 is 24.2. The molecule has 0 N–H and O–H groups in total. The van der Waals surface area contributed by atoms with Crippen molar-refractivity contribution >= 4 is 28.6 Å². The first kappa shape index (κ1) is 13.0.